The number of nitrogens with one attached hydrogen (secondary N) is 1. The Morgan fingerprint density at radius 2 is 2.08 bits per heavy atom. The van der Waals surface area contributed by atoms with E-state index in [-0.39, 0.29) is 23.3 Å². The Bertz CT molecular complexity index is 844. The predicted molar refractivity (Wildman–Crippen MR) is 96.2 cm³/mol. The number of sulfone groups is 1. The van der Waals surface area contributed by atoms with E-state index >= 15 is 0 Å². The molecule has 0 unspecified atom stereocenters. The molecule has 2 aromatic rings. The smallest absolute Gasteiger partial charge is 0.254 e. The Kier molecular flexibility index (Phi) is 5.22. The summed E-state index contributed by atoms with van der Waals surface area (Å²) in [6.07, 6.45) is 2.92. The van der Waals surface area contributed by atoms with Gasteiger partial charge in [-0.3, -0.25) is 9.48 Å². The van der Waals surface area contributed by atoms with Gasteiger partial charge in [-0.25, -0.2) is 8.42 Å². The van der Waals surface area contributed by atoms with Crippen molar-refractivity contribution in [3.63, 3.8) is 0 Å². The Balaban J connectivity index is 1.66. The van der Waals surface area contributed by atoms with Gasteiger partial charge in [0.15, 0.2) is 9.84 Å². The molecule has 2 heterocycles. The minimum atomic E-state index is -2.92. The van der Waals surface area contributed by atoms with Crippen LogP contribution in [0.2, 0.25) is 0 Å². The second kappa shape index (κ2) is 7.39. The molecular weight excluding hydrogens is 338 g/mol. The van der Waals surface area contributed by atoms with Gasteiger partial charge in [-0.2, -0.15) is 5.10 Å². The van der Waals surface area contributed by atoms with Crippen LogP contribution < -0.4 is 5.32 Å². The summed E-state index contributed by atoms with van der Waals surface area (Å²) in [5.41, 5.74) is 2.59. The third-order valence-corrected chi connectivity index (χ3v) is 6.42. The fraction of sp³-hybridized carbons (Fsp3) is 0.444. The van der Waals surface area contributed by atoms with Crippen LogP contribution in [-0.4, -0.2) is 42.2 Å². The van der Waals surface area contributed by atoms with Crippen molar-refractivity contribution in [1.82, 2.24) is 15.1 Å². The van der Waals surface area contributed by atoms with Crippen molar-refractivity contribution in [2.45, 2.75) is 26.3 Å². The molecule has 3 rings (SSSR count). The van der Waals surface area contributed by atoms with Gasteiger partial charge in [0, 0.05) is 6.54 Å². The van der Waals surface area contributed by atoms with Crippen LogP contribution in [0, 0.1) is 5.92 Å². The number of carbonyl (C=O) groups excluding carboxylic acids is 1. The van der Waals surface area contributed by atoms with E-state index in [4.69, 9.17) is 0 Å². The first-order valence-corrected chi connectivity index (χ1v) is 10.4. The van der Waals surface area contributed by atoms with Gasteiger partial charge in [-0.1, -0.05) is 37.3 Å². The number of amides is 1. The van der Waals surface area contributed by atoms with Crippen molar-refractivity contribution in [2.24, 2.45) is 5.92 Å². The zero-order valence-corrected chi connectivity index (χ0v) is 15.1. The summed E-state index contributed by atoms with van der Waals surface area (Å²) in [5, 5.41) is 7.24. The molecule has 6 nitrogen and oxygen atoms in total. The first-order chi connectivity index (χ1) is 12.0. The summed E-state index contributed by atoms with van der Waals surface area (Å²) < 4.78 is 24.9. The minimum Gasteiger partial charge on any atom is -0.352 e. The van der Waals surface area contributed by atoms with Crippen molar-refractivity contribution in [3.8, 4) is 0 Å². The SMILES string of the molecule is CCc1c(C(=O)NC[C@H]2CCS(=O)(=O)C2)cnn1Cc1ccccc1. The molecule has 1 N–H and O–H groups in total. The fourth-order valence-electron chi connectivity index (χ4n) is 3.23. The maximum atomic E-state index is 12.5. The van der Waals surface area contributed by atoms with Gasteiger partial charge in [0.2, 0.25) is 0 Å². The van der Waals surface area contributed by atoms with Crippen LogP contribution in [0.15, 0.2) is 36.5 Å². The average Bonchev–Trinajstić information content (AvgIpc) is 3.16. The lowest BCUT2D eigenvalue weighted by atomic mass is 10.1. The van der Waals surface area contributed by atoms with Crippen molar-refractivity contribution >= 4 is 15.7 Å². The highest BCUT2D eigenvalue weighted by Crippen LogP contribution is 2.18. The minimum absolute atomic E-state index is 0.0124. The maximum absolute atomic E-state index is 12.5. The fourth-order valence-corrected chi connectivity index (χ4v) is 5.09. The number of carbonyl (C=O) groups is 1. The highest BCUT2D eigenvalue weighted by molar-refractivity contribution is 7.91. The molecule has 0 radical (unpaired) electrons. The van der Waals surface area contributed by atoms with E-state index < -0.39 is 9.84 Å². The van der Waals surface area contributed by atoms with Crippen LogP contribution >= 0.6 is 0 Å². The maximum Gasteiger partial charge on any atom is 0.254 e. The second-order valence-corrected chi connectivity index (χ2v) is 8.71. The lowest BCUT2D eigenvalue weighted by molar-refractivity contribution is 0.0947. The van der Waals surface area contributed by atoms with E-state index in [0.717, 1.165) is 11.3 Å². The summed E-state index contributed by atoms with van der Waals surface area (Å²) >= 11 is 0. The Morgan fingerprint density at radius 1 is 1.32 bits per heavy atom. The zero-order chi connectivity index (χ0) is 17.9. The van der Waals surface area contributed by atoms with E-state index in [9.17, 15) is 13.2 Å². The molecule has 7 heteroatoms. The first kappa shape index (κ1) is 17.7. The third-order valence-electron chi connectivity index (χ3n) is 4.58. The second-order valence-electron chi connectivity index (χ2n) is 6.48. The van der Waals surface area contributed by atoms with Crippen LogP contribution in [-0.2, 0) is 22.8 Å². The Morgan fingerprint density at radius 3 is 2.72 bits per heavy atom. The number of nitrogens with zero attached hydrogens (tertiary/aromatic N) is 2. The molecule has 1 fully saturated rings. The first-order valence-electron chi connectivity index (χ1n) is 8.55. The van der Waals surface area contributed by atoms with Gasteiger partial charge in [-0.05, 0) is 24.3 Å². The molecule has 0 bridgehead atoms. The zero-order valence-electron chi connectivity index (χ0n) is 14.3. The number of hydrogen-bond acceptors (Lipinski definition) is 4. The molecule has 1 aromatic heterocycles. The summed E-state index contributed by atoms with van der Waals surface area (Å²) in [6, 6.07) is 9.99. The lowest BCUT2D eigenvalue weighted by Gasteiger charge is -2.11. The predicted octanol–water partition coefficient (Wildman–Crippen LogP) is 1.66. The van der Waals surface area contributed by atoms with Gasteiger partial charge in [0.05, 0.1) is 35.5 Å². The van der Waals surface area contributed by atoms with Crippen LogP contribution in [0.1, 0.15) is 35.0 Å². The van der Waals surface area contributed by atoms with Crippen LogP contribution in [0.3, 0.4) is 0 Å². The number of benzene rings is 1. The van der Waals surface area contributed by atoms with Crippen LogP contribution in [0.25, 0.3) is 0 Å². The molecule has 134 valence electrons. The Hall–Kier alpha value is -2.15. The largest absolute Gasteiger partial charge is 0.352 e. The van der Waals surface area contributed by atoms with E-state index in [1.165, 1.54) is 0 Å². The summed E-state index contributed by atoms with van der Waals surface area (Å²) in [7, 11) is -2.92. The van der Waals surface area contributed by atoms with E-state index in [1.54, 1.807) is 6.20 Å². The standard InChI is InChI=1S/C18H23N3O3S/c1-2-17-16(11-20-21(17)12-14-6-4-3-5-7-14)18(22)19-10-15-8-9-25(23,24)13-15/h3-7,11,15H,2,8-10,12-13H2,1H3,(H,19,22)/t15-/m1/s1. The molecule has 1 aliphatic rings. The van der Waals surface area contributed by atoms with Crippen molar-refractivity contribution < 1.29 is 13.2 Å². The molecule has 1 amide bonds. The Labute approximate surface area is 148 Å². The van der Waals surface area contributed by atoms with Gasteiger partial charge >= 0.3 is 0 Å². The van der Waals surface area contributed by atoms with Crippen molar-refractivity contribution in [3.05, 3.63) is 53.3 Å². The van der Waals surface area contributed by atoms with E-state index in [2.05, 4.69) is 10.4 Å². The number of hydrogen-bond donors (Lipinski definition) is 1. The van der Waals surface area contributed by atoms with E-state index in [0.29, 0.717) is 31.5 Å². The lowest BCUT2D eigenvalue weighted by Crippen LogP contribution is -2.30. The summed E-state index contributed by atoms with van der Waals surface area (Å²) in [4.78, 5) is 12.5. The molecule has 25 heavy (non-hydrogen) atoms. The molecule has 1 saturated heterocycles. The highest BCUT2D eigenvalue weighted by Gasteiger charge is 2.28. The third kappa shape index (κ3) is 4.28. The topological polar surface area (TPSA) is 81.1 Å². The molecule has 0 spiro atoms. The molecule has 1 atom stereocenters. The normalized spacial score (nSPS) is 19.0. The monoisotopic (exact) mass is 361 g/mol. The molecular formula is C18H23N3O3S. The molecule has 0 aliphatic carbocycles. The number of aromatic nitrogens is 2. The molecule has 1 aromatic carbocycles. The quantitative estimate of drug-likeness (QED) is 0.848. The summed E-state index contributed by atoms with van der Waals surface area (Å²) in [6.45, 7) is 3.02. The summed E-state index contributed by atoms with van der Waals surface area (Å²) in [5.74, 6) is 0.225. The van der Waals surface area contributed by atoms with Gasteiger partial charge in [0.1, 0.15) is 0 Å². The number of rotatable bonds is 6. The van der Waals surface area contributed by atoms with Gasteiger partial charge < -0.3 is 5.32 Å². The van der Waals surface area contributed by atoms with Crippen molar-refractivity contribution in [1.29, 1.82) is 0 Å². The van der Waals surface area contributed by atoms with Gasteiger partial charge in [-0.15, -0.1) is 0 Å². The van der Waals surface area contributed by atoms with E-state index in [1.807, 2.05) is 41.9 Å². The molecule has 0 saturated carbocycles. The van der Waals surface area contributed by atoms with Crippen LogP contribution in [0.4, 0.5) is 0 Å². The van der Waals surface area contributed by atoms with Crippen LogP contribution in [0.5, 0.6) is 0 Å². The van der Waals surface area contributed by atoms with Gasteiger partial charge in [0.25, 0.3) is 5.91 Å². The highest BCUT2D eigenvalue weighted by atomic mass is 32.2. The van der Waals surface area contributed by atoms with Crippen molar-refractivity contribution in [2.75, 3.05) is 18.1 Å². The average molecular weight is 361 g/mol. The molecule has 1 aliphatic heterocycles.